The highest BCUT2D eigenvalue weighted by atomic mass is 15.4. The Balaban J connectivity index is 1.56. The number of benzene rings is 3. The van der Waals surface area contributed by atoms with Gasteiger partial charge in [0, 0.05) is 6.42 Å². The first-order valence-corrected chi connectivity index (χ1v) is 8.69. The number of anilines is 1. The van der Waals surface area contributed by atoms with Crippen LogP contribution in [0.1, 0.15) is 11.1 Å². The lowest BCUT2D eigenvalue weighted by molar-refractivity contribution is 0.703. The van der Waals surface area contributed by atoms with E-state index in [1.54, 1.807) is 0 Å². The fourth-order valence-corrected chi connectivity index (χ4v) is 2.93. The summed E-state index contributed by atoms with van der Waals surface area (Å²) < 4.78 is 0. The Kier molecular flexibility index (Phi) is 4.74. The standard InChI is InChI=1S/C22H20N4/c1-3-9-17(10-4-1)15-21-22(25-20-14-8-7-13-19(20)24-21)26-23-16-18-11-5-2-6-12-18/h1-14,16,22,25-26H,15H2/b23-16+. The van der Waals surface area contributed by atoms with Gasteiger partial charge in [0.05, 0.1) is 23.3 Å². The number of para-hydroxylation sites is 2. The molecule has 4 nitrogen and oxygen atoms in total. The molecule has 3 aromatic carbocycles. The lowest BCUT2D eigenvalue weighted by atomic mass is 10.0. The van der Waals surface area contributed by atoms with Crippen LogP contribution in [0, 0.1) is 0 Å². The summed E-state index contributed by atoms with van der Waals surface area (Å²) in [6, 6.07) is 28.5. The van der Waals surface area contributed by atoms with Crippen LogP contribution in [0.4, 0.5) is 11.4 Å². The van der Waals surface area contributed by atoms with Gasteiger partial charge in [0.15, 0.2) is 6.17 Å². The fourth-order valence-electron chi connectivity index (χ4n) is 2.93. The second-order valence-corrected chi connectivity index (χ2v) is 6.16. The molecule has 1 unspecified atom stereocenters. The fraction of sp³-hybridized carbons (Fsp3) is 0.0909. The number of hydrogen-bond donors (Lipinski definition) is 2. The van der Waals surface area contributed by atoms with Crippen molar-refractivity contribution in [1.29, 1.82) is 0 Å². The van der Waals surface area contributed by atoms with E-state index in [9.17, 15) is 0 Å². The smallest absolute Gasteiger partial charge is 0.152 e. The van der Waals surface area contributed by atoms with Crippen LogP contribution >= 0.6 is 0 Å². The van der Waals surface area contributed by atoms with Gasteiger partial charge in [0.2, 0.25) is 0 Å². The molecule has 0 fully saturated rings. The molecule has 2 N–H and O–H groups in total. The molecule has 0 aliphatic carbocycles. The molecule has 3 aromatic rings. The quantitative estimate of drug-likeness (QED) is 0.535. The normalized spacial score (nSPS) is 15.8. The van der Waals surface area contributed by atoms with Crippen LogP contribution in [-0.4, -0.2) is 18.1 Å². The third-order valence-corrected chi connectivity index (χ3v) is 4.25. The summed E-state index contributed by atoms with van der Waals surface area (Å²) >= 11 is 0. The molecular formula is C22H20N4. The minimum atomic E-state index is -0.148. The maximum Gasteiger partial charge on any atom is 0.152 e. The van der Waals surface area contributed by atoms with E-state index in [0.717, 1.165) is 29.1 Å². The van der Waals surface area contributed by atoms with E-state index in [4.69, 9.17) is 4.99 Å². The molecule has 4 rings (SSSR count). The average Bonchev–Trinajstić information content (AvgIpc) is 2.70. The monoisotopic (exact) mass is 340 g/mol. The zero-order valence-corrected chi connectivity index (χ0v) is 14.3. The van der Waals surface area contributed by atoms with E-state index in [0.29, 0.717) is 0 Å². The Morgan fingerprint density at radius 1 is 0.885 bits per heavy atom. The topological polar surface area (TPSA) is 48.8 Å². The van der Waals surface area contributed by atoms with Crippen LogP contribution in [0.3, 0.4) is 0 Å². The van der Waals surface area contributed by atoms with Gasteiger partial charge in [0.1, 0.15) is 0 Å². The number of nitrogens with one attached hydrogen (secondary N) is 2. The van der Waals surface area contributed by atoms with E-state index >= 15 is 0 Å². The number of aliphatic imine (C=N–C) groups is 1. The molecule has 0 radical (unpaired) electrons. The summed E-state index contributed by atoms with van der Waals surface area (Å²) in [7, 11) is 0. The van der Waals surface area contributed by atoms with Gasteiger partial charge in [-0.15, -0.1) is 0 Å². The number of fused-ring (bicyclic) bond motifs is 1. The second kappa shape index (κ2) is 7.66. The molecule has 1 atom stereocenters. The number of nitrogens with zero attached hydrogens (tertiary/aromatic N) is 2. The summed E-state index contributed by atoms with van der Waals surface area (Å²) in [5.41, 5.74) is 8.48. The molecule has 1 aliphatic rings. The Labute approximate surface area is 153 Å². The second-order valence-electron chi connectivity index (χ2n) is 6.16. The van der Waals surface area contributed by atoms with Crippen molar-refractivity contribution in [3.63, 3.8) is 0 Å². The van der Waals surface area contributed by atoms with Crippen molar-refractivity contribution in [2.75, 3.05) is 5.32 Å². The first kappa shape index (κ1) is 16.1. The highest BCUT2D eigenvalue weighted by Crippen LogP contribution is 2.29. The van der Waals surface area contributed by atoms with Crippen molar-refractivity contribution in [2.24, 2.45) is 10.1 Å². The molecule has 0 saturated heterocycles. The summed E-state index contributed by atoms with van der Waals surface area (Å²) in [6.07, 6.45) is 2.44. The maximum atomic E-state index is 4.87. The Hall–Kier alpha value is -3.40. The van der Waals surface area contributed by atoms with E-state index in [-0.39, 0.29) is 6.17 Å². The van der Waals surface area contributed by atoms with Crippen molar-refractivity contribution in [3.05, 3.63) is 96.1 Å². The molecule has 0 aromatic heterocycles. The van der Waals surface area contributed by atoms with Gasteiger partial charge in [-0.1, -0.05) is 72.8 Å². The van der Waals surface area contributed by atoms with Crippen molar-refractivity contribution >= 4 is 23.3 Å². The van der Waals surface area contributed by atoms with Crippen molar-refractivity contribution in [2.45, 2.75) is 12.6 Å². The lowest BCUT2D eigenvalue weighted by Gasteiger charge is -2.27. The van der Waals surface area contributed by atoms with E-state index in [1.807, 2.05) is 66.9 Å². The van der Waals surface area contributed by atoms with Crippen LogP contribution < -0.4 is 10.7 Å². The van der Waals surface area contributed by atoms with Crippen LogP contribution in [0.15, 0.2) is 95.0 Å². The summed E-state index contributed by atoms with van der Waals surface area (Å²) in [4.78, 5) is 4.87. The van der Waals surface area contributed by atoms with Crippen molar-refractivity contribution in [3.8, 4) is 0 Å². The van der Waals surface area contributed by atoms with E-state index in [1.165, 1.54) is 5.56 Å². The Morgan fingerprint density at radius 2 is 1.58 bits per heavy atom. The first-order chi connectivity index (χ1) is 12.9. The number of hydrazone groups is 1. The minimum Gasteiger partial charge on any atom is -0.358 e. The highest BCUT2D eigenvalue weighted by molar-refractivity contribution is 5.99. The van der Waals surface area contributed by atoms with Crippen LogP contribution in [0.5, 0.6) is 0 Å². The predicted octanol–water partition coefficient (Wildman–Crippen LogP) is 4.38. The lowest BCUT2D eigenvalue weighted by Crippen LogP contribution is -2.43. The number of rotatable bonds is 5. The molecule has 0 spiro atoms. The Bertz CT molecular complexity index is 917. The van der Waals surface area contributed by atoms with Crippen LogP contribution in [0.2, 0.25) is 0 Å². The highest BCUT2D eigenvalue weighted by Gasteiger charge is 2.21. The largest absolute Gasteiger partial charge is 0.358 e. The molecule has 128 valence electrons. The van der Waals surface area contributed by atoms with Crippen LogP contribution in [0.25, 0.3) is 0 Å². The zero-order chi connectivity index (χ0) is 17.6. The molecule has 0 bridgehead atoms. The summed E-state index contributed by atoms with van der Waals surface area (Å²) in [5.74, 6) is 0. The van der Waals surface area contributed by atoms with Gasteiger partial charge >= 0.3 is 0 Å². The van der Waals surface area contributed by atoms with Gasteiger partial charge in [-0.3, -0.25) is 10.4 Å². The maximum absolute atomic E-state index is 4.87. The molecule has 4 heteroatoms. The molecule has 0 amide bonds. The van der Waals surface area contributed by atoms with E-state index < -0.39 is 0 Å². The zero-order valence-electron chi connectivity index (χ0n) is 14.3. The molecule has 1 aliphatic heterocycles. The number of hydrogen-bond acceptors (Lipinski definition) is 4. The van der Waals surface area contributed by atoms with E-state index in [2.05, 4.69) is 40.1 Å². The average molecular weight is 340 g/mol. The third kappa shape index (κ3) is 3.81. The van der Waals surface area contributed by atoms with Crippen molar-refractivity contribution < 1.29 is 0 Å². The molecule has 1 heterocycles. The molecular weight excluding hydrogens is 320 g/mol. The Morgan fingerprint density at radius 3 is 2.38 bits per heavy atom. The summed E-state index contributed by atoms with van der Waals surface area (Å²) in [5, 5.41) is 7.91. The predicted molar refractivity (Wildman–Crippen MR) is 108 cm³/mol. The van der Waals surface area contributed by atoms with Crippen molar-refractivity contribution in [1.82, 2.24) is 5.43 Å². The van der Waals surface area contributed by atoms with Gasteiger partial charge < -0.3 is 5.32 Å². The van der Waals surface area contributed by atoms with Gasteiger partial charge in [-0.25, -0.2) is 0 Å². The van der Waals surface area contributed by atoms with Gasteiger partial charge in [-0.2, -0.15) is 5.10 Å². The summed E-state index contributed by atoms with van der Waals surface area (Å²) in [6.45, 7) is 0. The van der Waals surface area contributed by atoms with Gasteiger partial charge in [0.25, 0.3) is 0 Å². The van der Waals surface area contributed by atoms with Gasteiger partial charge in [-0.05, 0) is 23.3 Å². The molecule has 26 heavy (non-hydrogen) atoms. The van der Waals surface area contributed by atoms with Crippen LogP contribution in [-0.2, 0) is 6.42 Å². The third-order valence-electron chi connectivity index (χ3n) is 4.25. The first-order valence-electron chi connectivity index (χ1n) is 8.69. The minimum absolute atomic E-state index is 0.148. The molecule has 0 saturated carbocycles. The SMILES string of the molecule is C(=N\NC1Nc2ccccc2N=C1Cc1ccccc1)/c1ccccc1.